The quantitative estimate of drug-likeness (QED) is 0.690. The largest absolute Gasteiger partial charge is 0.481 e. The van der Waals surface area contributed by atoms with Gasteiger partial charge in [-0.1, -0.05) is 12.8 Å². The molecule has 1 aliphatic carbocycles. The first-order chi connectivity index (χ1) is 9.42. The fourth-order valence-electron chi connectivity index (χ4n) is 3.41. The van der Waals surface area contributed by atoms with Gasteiger partial charge in [0.15, 0.2) is 0 Å². The predicted molar refractivity (Wildman–Crippen MR) is 73.0 cm³/mol. The number of carbonyl (C=O) groups is 2. The van der Waals surface area contributed by atoms with Crippen molar-refractivity contribution in [3.63, 3.8) is 0 Å². The molecule has 4 N–H and O–H groups in total. The molecule has 1 saturated carbocycles. The molecule has 6 heteroatoms. The molecule has 0 spiro atoms. The first-order valence-electron chi connectivity index (χ1n) is 7.41. The van der Waals surface area contributed by atoms with Gasteiger partial charge in [0.1, 0.15) is 0 Å². The second-order valence-electron chi connectivity index (χ2n) is 6.12. The van der Waals surface area contributed by atoms with E-state index < -0.39 is 17.6 Å². The van der Waals surface area contributed by atoms with Crippen LogP contribution in [0, 0.1) is 5.92 Å². The van der Waals surface area contributed by atoms with Gasteiger partial charge in [0.25, 0.3) is 0 Å². The lowest BCUT2D eigenvalue weighted by atomic mass is 9.71. The Hall–Kier alpha value is -1.14. The van der Waals surface area contributed by atoms with Gasteiger partial charge in [-0.15, -0.1) is 0 Å². The van der Waals surface area contributed by atoms with E-state index in [0.717, 1.165) is 25.7 Å². The number of likely N-dealkylation sites (tertiary alicyclic amines) is 1. The van der Waals surface area contributed by atoms with Gasteiger partial charge in [-0.05, 0) is 25.7 Å². The van der Waals surface area contributed by atoms with Crippen molar-refractivity contribution in [3.05, 3.63) is 0 Å². The van der Waals surface area contributed by atoms with Crippen LogP contribution in [0.4, 0.5) is 0 Å². The van der Waals surface area contributed by atoms with Crippen molar-refractivity contribution in [1.82, 2.24) is 4.90 Å². The molecule has 0 bridgehead atoms. The van der Waals surface area contributed by atoms with E-state index >= 15 is 0 Å². The maximum atomic E-state index is 12.2. The highest BCUT2D eigenvalue weighted by Gasteiger charge is 2.44. The highest BCUT2D eigenvalue weighted by molar-refractivity contribution is 5.82. The van der Waals surface area contributed by atoms with E-state index in [-0.39, 0.29) is 24.7 Å². The summed E-state index contributed by atoms with van der Waals surface area (Å²) in [5.74, 6) is -0.979. The van der Waals surface area contributed by atoms with Crippen molar-refractivity contribution in [2.75, 3.05) is 13.1 Å². The Balaban J connectivity index is 1.90. The second kappa shape index (κ2) is 6.10. The minimum Gasteiger partial charge on any atom is -0.481 e. The lowest BCUT2D eigenvalue weighted by molar-refractivity contribution is -0.145. The number of hydrogen-bond donors (Lipinski definition) is 3. The summed E-state index contributed by atoms with van der Waals surface area (Å²) in [5, 5.41) is 19.2. The van der Waals surface area contributed by atoms with E-state index in [1.165, 1.54) is 0 Å². The van der Waals surface area contributed by atoms with Crippen molar-refractivity contribution in [1.29, 1.82) is 0 Å². The molecule has 3 unspecified atom stereocenters. The van der Waals surface area contributed by atoms with Crippen molar-refractivity contribution in [2.45, 2.75) is 56.6 Å². The number of piperidine rings is 1. The number of aliphatic hydroxyl groups is 1. The van der Waals surface area contributed by atoms with Crippen LogP contribution in [0.5, 0.6) is 0 Å². The van der Waals surface area contributed by atoms with Crippen LogP contribution in [0.3, 0.4) is 0 Å². The summed E-state index contributed by atoms with van der Waals surface area (Å²) >= 11 is 0. The van der Waals surface area contributed by atoms with E-state index in [4.69, 9.17) is 10.8 Å². The van der Waals surface area contributed by atoms with Crippen LogP contribution < -0.4 is 5.73 Å². The smallest absolute Gasteiger partial charge is 0.303 e. The first kappa shape index (κ1) is 15.3. The van der Waals surface area contributed by atoms with Gasteiger partial charge in [-0.25, -0.2) is 0 Å². The van der Waals surface area contributed by atoms with Crippen LogP contribution in [-0.4, -0.2) is 51.7 Å². The monoisotopic (exact) mass is 284 g/mol. The number of rotatable bonds is 4. The lowest BCUT2D eigenvalue weighted by Crippen LogP contribution is -2.57. The van der Waals surface area contributed by atoms with Crippen molar-refractivity contribution < 1.29 is 19.8 Å². The number of nitrogens with zero attached hydrogens (tertiary/aromatic N) is 1. The Bertz CT molecular complexity index is 387. The second-order valence-corrected chi connectivity index (χ2v) is 6.12. The minimum absolute atomic E-state index is 0.0892. The van der Waals surface area contributed by atoms with Crippen LogP contribution in [0.25, 0.3) is 0 Å². The first-order valence-corrected chi connectivity index (χ1v) is 7.41. The van der Waals surface area contributed by atoms with Crippen LogP contribution in [0.1, 0.15) is 44.9 Å². The third-order valence-electron chi connectivity index (χ3n) is 4.73. The van der Waals surface area contributed by atoms with Gasteiger partial charge in [0.05, 0.1) is 11.6 Å². The molecule has 1 saturated heterocycles. The van der Waals surface area contributed by atoms with Gasteiger partial charge in [0, 0.05) is 25.4 Å². The third kappa shape index (κ3) is 3.30. The molecule has 20 heavy (non-hydrogen) atoms. The number of amides is 1. The fraction of sp³-hybridized carbons (Fsp3) is 0.857. The molecule has 0 radical (unpaired) electrons. The van der Waals surface area contributed by atoms with Gasteiger partial charge in [-0.3, -0.25) is 9.59 Å². The predicted octanol–water partition coefficient (Wildman–Crippen LogP) is 0.332. The highest BCUT2D eigenvalue weighted by atomic mass is 16.4. The number of aliphatic carboxylic acids is 1. The molecule has 0 aromatic carbocycles. The standard InChI is InChI=1S/C14H24N2O4/c15-11(4-5-12(17)18)13(19)16-8-7-14(20)6-2-1-3-10(14)9-16/h10-11,20H,1-9,15H2,(H,17,18). The molecule has 114 valence electrons. The maximum Gasteiger partial charge on any atom is 0.303 e. The van der Waals surface area contributed by atoms with Crippen molar-refractivity contribution in [2.24, 2.45) is 11.7 Å². The average molecular weight is 284 g/mol. The number of nitrogens with two attached hydrogens (primary N) is 1. The zero-order valence-corrected chi connectivity index (χ0v) is 11.8. The molecule has 1 heterocycles. The minimum atomic E-state index is -0.937. The van der Waals surface area contributed by atoms with Gasteiger partial charge >= 0.3 is 5.97 Å². The van der Waals surface area contributed by atoms with Gasteiger partial charge in [-0.2, -0.15) is 0 Å². The summed E-state index contributed by atoms with van der Waals surface area (Å²) in [6, 6.07) is -0.749. The third-order valence-corrected chi connectivity index (χ3v) is 4.73. The SMILES string of the molecule is NC(CCC(=O)O)C(=O)N1CCC2(O)CCCCC2C1. The summed E-state index contributed by atoms with van der Waals surface area (Å²) in [6.07, 6.45) is 4.61. The van der Waals surface area contributed by atoms with E-state index in [1.807, 2.05) is 0 Å². The number of carboxylic acid groups (broad SMARTS) is 1. The van der Waals surface area contributed by atoms with Crippen LogP contribution in [0.15, 0.2) is 0 Å². The summed E-state index contributed by atoms with van der Waals surface area (Å²) < 4.78 is 0. The molecule has 0 aromatic heterocycles. The van der Waals surface area contributed by atoms with Gasteiger partial charge < -0.3 is 20.8 Å². The molecule has 1 aliphatic heterocycles. The fourth-order valence-corrected chi connectivity index (χ4v) is 3.41. The highest BCUT2D eigenvalue weighted by Crippen LogP contribution is 2.39. The van der Waals surface area contributed by atoms with Crippen LogP contribution in [-0.2, 0) is 9.59 Å². The molecule has 0 aromatic rings. The summed E-state index contributed by atoms with van der Waals surface area (Å²) in [5.41, 5.74) is 5.17. The summed E-state index contributed by atoms with van der Waals surface area (Å²) in [7, 11) is 0. The number of carbonyl (C=O) groups excluding carboxylic acids is 1. The molecule has 6 nitrogen and oxygen atoms in total. The zero-order chi connectivity index (χ0) is 14.8. The molecule has 1 amide bonds. The number of carboxylic acids is 1. The van der Waals surface area contributed by atoms with Crippen molar-refractivity contribution >= 4 is 11.9 Å². The van der Waals surface area contributed by atoms with Crippen LogP contribution >= 0.6 is 0 Å². The Kier molecular flexibility index (Phi) is 4.65. The number of hydrogen-bond acceptors (Lipinski definition) is 4. The van der Waals surface area contributed by atoms with Crippen molar-refractivity contribution in [3.8, 4) is 0 Å². The normalized spacial score (nSPS) is 31.5. The average Bonchev–Trinajstić information content (AvgIpc) is 2.42. The Morgan fingerprint density at radius 3 is 2.80 bits per heavy atom. The molecule has 2 fully saturated rings. The summed E-state index contributed by atoms with van der Waals surface area (Å²) in [4.78, 5) is 24.4. The Labute approximate surface area is 118 Å². The Morgan fingerprint density at radius 1 is 1.35 bits per heavy atom. The van der Waals surface area contributed by atoms with E-state index in [9.17, 15) is 14.7 Å². The van der Waals surface area contributed by atoms with E-state index in [1.54, 1.807) is 4.90 Å². The van der Waals surface area contributed by atoms with E-state index in [0.29, 0.717) is 19.5 Å². The van der Waals surface area contributed by atoms with Gasteiger partial charge in [0.2, 0.25) is 5.91 Å². The summed E-state index contributed by atoms with van der Waals surface area (Å²) in [6.45, 7) is 1.07. The molecular weight excluding hydrogens is 260 g/mol. The molecule has 2 rings (SSSR count). The number of fused-ring (bicyclic) bond motifs is 1. The topological polar surface area (TPSA) is 104 Å². The molecule has 2 aliphatic rings. The lowest BCUT2D eigenvalue weighted by Gasteiger charge is -2.47. The maximum absolute atomic E-state index is 12.2. The molecule has 3 atom stereocenters. The molecular formula is C14H24N2O4. The zero-order valence-electron chi connectivity index (χ0n) is 11.8. The van der Waals surface area contributed by atoms with Crippen LogP contribution in [0.2, 0.25) is 0 Å². The van der Waals surface area contributed by atoms with E-state index in [2.05, 4.69) is 0 Å². The Morgan fingerprint density at radius 2 is 2.10 bits per heavy atom.